The highest BCUT2D eigenvalue weighted by molar-refractivity contribution is 5.61. The van der Waals surface area contributed by atoms with E-state index in [0.717, 1.165) is 23.3 Å². The van der Waals surface area contributed by atoms with Crippen molar-refractivity contribution in [2.24, 2.45) is 5.41 Å². The predicted molar refractivity (Wildman–Crippen MR) is 117 cm³/mol. The number of imidazole rings is 1. The zero-order chi connectivity index (χ0) is 21.2. The van der Waals surface area contributed by atoms with E-state index in [4.69, 9.17) is 0 Å². The average molecular weight is 373 g/mol. The largest absolute Gasteiger partial charge is 0.346 e. The van der Waals surface area contributed by atoms with Crippen LogP contribution in [0.25, 0.3) is 5.65 Å². The summed E-state index contributed by atoms with van der Waals surface area (Å²) in [6.45, 7) is 26.6. The second-order valence-corrected chi connectivity index (χ2v) is 12.4. The molecule has 0 bridgehead atoms. The molecule has 0 aliphatic rings. The number of H-pyrrole nitrogens is 1. The molecule has 0 aliphatic heterocycles. The second-order valence-electron chi connectivity index (χ2n) is 12.4. The molecule has 0 saturated heterocycles. The zero-order valence-electron chi connectivity index (χ0n) is 19.6. The van der Waals surface area contributed by atoms with Crippen LogP contribution in [0.1, 0.15) is 105 Å². The summed E-state index contributed by atoms with van der Waals surface area (Å²) >= 11 is 0. The van der Waals surface area contributed by atoms with Gasteiger partial charge >= 0.3 is 0 Å². The Morgan fingerprint density at radius 3 is 1.56 bits per heavy atom. The van der Waals surface area contributed by atoms with Crippen LogP contribution in [0.2, 0.25) is 0 Å². The Hall–Kier alpha value is -1.51. The van der Waals surface area contributed by atoms with Crippen molar-refractivity contribution in [1.82, 2.24) is 9.38 Å². The number of nitrogens with zero attached hydrogens (tertiary/aromatic N) is 1. The highest BCUT2D eigenvalue weighted by atomic mass is 16.1. The quantitative estimate of drug-likeness (QED) is 0.644. The number of pyridine rings is 1. The van der Waals surface area contributed by atoms with Crippen molar-refractivity contribution < 1.29 is 0 Å². The number of rotatable bonds is 1. The number of fused-ring (bicyclic) bond motifs is 1. The normalized spacial score (nSPS) is 14.2. The molecule has 0 aliphatic carbocycles. The summed E-state index contributed by atoms with van der Waals surface area (Å²) in [4.78, 5) is 17.3. The van der Waals surface area contributed by atoms with E-state index in [2.05, 4.69) is 88.1 Å². The van der Waals surface area contributed by atoms with Gasteiger partial charge in [-0.05, 0) is 33.6 Å². The van der Waals surface area contributed by atoms with Gasteiger partial charge in [0, 0.05) is 23.0 Å². The van der Waals surface area contributed by atoms with Gasteiger partial charge in [-0.2, -0.15) is 0 Å². The fourth-order valence-electron chi connectivity index (χ4n) is 4.15. The first-order valence-corrected chi connectivity index (χ1v) is 10.2. The Kier molecular flexibility index (Phi) is 5.04. The van der Waals surface area contributed by atoms with Crippen LogP contribution in [0.4, 0.5) is 0 Å². The molecule has 0 spiro atoms. The molecule has 2 rings (SSSR count). The van der Waals surface area contributed by atoms with Crippen molar-refractivity contribution in [2.45, 2.75) is 106 Å². The van der Waals surface area contributed by atoms with Gasteiger partial charge in [-0.1, -0.05) is 83.1 Å². The van der Waals surface area contributed by atoms with Gasteiger partial charge in [0.2, 0.25) is 0 Å². The molecule has 0 amide bonds. The Morgan fingerprint density at radius 1 is 0.741 bits per heavy atom. The summed E-state index contributed by atoms with van der Waals surface area (Å²) in [5.74, 6) is 0. The molecule has 0 atom stereocenters. The minimum Gasteiger partial charge on any atom is -0.346 e. The number of hydrogen-bond acceptors (Lipinski definition) is 1. The van der Waals surface area contributed by atoms with Gasteiger partial charge < -0.3 is 4.98 Å². The fraction of sp³-hybridized carbons (Fsp3) is 0.708. The topological polar surface area (TPSA) is 37.3 Å². The van der Waals surface area contributed by atoms with Crippen molar-refractivity contribution in [1.29, 1.82) is 0 Å². The first-order chi connectivity index (χ1) is 11.9. The van der Waals surface area contributed by atoms with Crippen LogP contribution < -0.4 is 5.56 Å². The Labute approximate surface area is 165 Å². The SMILES string of the molecule is CC(C)(C)Cc1c[nH]c2c(C(C)(C)C)c(C(C)(C)C)c(C(C)(C)C)c(=O)n12. The molecule has 1 N–H and O–H groups in total. The van der Waals surface area contributed by atoms with Gasteiger partial charge in [-0.15, -0.1) is 0 Å². The minimum absolute atomic E-state index is 0.0780. The summed E-state index contributed by atoms with van der Waals surface area (Å²) in [6.07, 6.45) is 2.89. The molecule has 0 fully saturated rings. The van der Waals surface area contributed by atoms with E-state index in [9.17, 15) is 4.79 Å². The maximum absolute atomic E-state index is 13.8. The van der Waals surface area contributed by atoms with Crippen LogP contribution in [0.15, 0.2) is 11.0 Å². The molecule has 3 heteroatoms. The molecule has 0 aromatic carbocycles. The highest BCUT2D eigenvalue weighted by Crippen LogP contribution is 2.41. The van der Waals surface area contributed by atoms with E-state index in [0.29, 0.717) is 0 Å². The minimum atomic E-state index is -0.225. The van der Waals surface area contributed by atoms with E-state index in [1.807, 2.05) is 10.6 Å². The molecule has 0 radical (unpaired) electrons. The Balaban J connectivity index is 3.16. The first kappa shape index (κ1) is 21.8. The van der Waals surface area contributed by atoms with Crippen LogP contribution in [0, 0.1) is 5.41 Å². The van der Waals surface area contributed by atoms with E-state index in [1.54, 1.807) is 0 Å². The van der Waals surface area contributed by atoms with Crippen molar-refractivity contribution >= 4 is 5.65 Å². The van der Waals surface area contributed by atoms with Gasteiger partial charge in [0.25, 0.3) is 5.56 Å². The monoisotopic (exact) mass is 372 g/mol. The smallest absolute Gasteiger partial charge is 0.260 e. The van der Waals surface area contributed by atoms with E-state index >= 15 is 0 Å². The molecular formula is C24H40N2O. The maximum Gasteiger partial charge on any atom is 0.260 e. The average Bonchev–Trinajstić information content (AvgIpc) is 2.75. The van der Waals surface area contributed by atoms with Gasteiger partial charge in [-0.25, -0.2) is 0 Å². The third kappa shape index (κ3) is 4.17. The third-order valence-electron chi connectivity index (χ3n) is 5.00. The third-order valence-corrected chi connectivity index (χ3v) is 5.00. The van der Waals surface area contributed by atoms with Crippen LogP contribution in [0.5, 0.6) is 0 Å². The van der Waals surface area contributed by atoms with Gasteiger partial charge in [-0.3, -0.25) is 9.20 Å². The molecule has 152 valence electrons. The number of aromatic amines is 1. The molecule has 27 heavy (non-hydrogen) atoms. The Morgan fingerprint density at radius 2 is 1.19 bits per heavy atom. The second kappa shape index (κ2) is 6.25. The summed E-state index contributed by atoms with van der Waals surface area (Å²) in [7, 11) is 0. The van der Waals surface area contributed by atoms with E-state index in [1.165, 1.54) is 11.1 Å². The van der Waals surface area contributed by atoms with Crippen LogP contribution in [-0.4, -0.2) is 9.38 Å². The number of nitrogens with one attached hydrogen (secondary N) is 1. The zero-order valence-corrected chi connectivity index (χ0v) is 19.6. The molecule has 3 nitrogen and oxygen atoms in total. The number of hydrogen-bond donors (Lipinski definition) is 1. The lowest BCUT2D eigenvalue weighted by Gasteiger charge is -2.36. The van der Waals surface area contributed by atoms with Crippen LogP contribution in [0.3, 0.4) is 0 Å². The van der Waals surface area contributed by atoms with Crippen molar-refractivity contribution in [3.63, 3.8) is 0 Å². The first-order valence-electron chi connectivity index (χ1n) is 10.2. The number of aromatic nitrogens is 2. The highest BCUT2D eigenvalue weighted by Gasteiger charge is 2.37. The summed E-state index contributed by atoms with van der Waals surface area (Å²) in [5, 5.41) is 0. The summed E-state index contributed by atoms with van der Waals surface area (Å²) in [6, 6.07) is 0. The predicted octanol–water partition coefficient (Wildman–Crippen LogP) is 6.11. The van der Waals surface area contributed by atoms with Gasteiger partial charge in [0.15, 0.2) is 0 Å². The molecule has 2 heterocycles. The Bertz CT molecular complexity index is 898. The molecular weight excluding hydrogens is 332 g/mol. The van der Waals surface area contributed by atoms with Crippen LogP contribution >= 0.6 is 0 Å². The molecule has 0 saturated carbocycles. The molecule has 2 aromatic rings. The standard InChI is InChI=1S/C24H40N2O/c1-21(2,3)13-15-14-25-19-17(23(7,8)9)16(22(4,5)6)18(24(10,11)12)20(27)26(15)19/h14,25H,13H2,1-12H3. The molecule has 0 unspecified atom stereocenters. The molecule has 2 aromatic heterocycles. The lowest BCUT2D eigenvalue weighted by atomic mass is 9.69. The van der Waals surface area contributed by atoms with Crippen LogP contribution in [-0.2, 0) is 22.7 Å². The van der Waals surface area contributed by atoms with E-state index in [-0.39, 0.29) is 27.2 Å². The fourth-order valence-corrected chi connectivity index (χ4v) is 4.15. The van der Waals surface area contributed by atoms with Gasteiger partial charge in [0.05, 0.1) is 0 Å². The summed E-state index contributed by atoms with van der Waals surface area (Å²) < 4.78 is 1.96. The maximum atomic E-state index is 13.8. The lowest BCUT2D eigenvalue weighted by Crippen LogP contribution is -2.37. The summed E-state index contributed by atoms with van der Waals surface area (Å²) in [5.41, 5.74) is 5.28. The lowest BCUT2D eigenvalue weighted by molar-refractivity contribution is 0.404. The van der Waals surface area contributed by atoms with Crippen molar-refractivity contribution in [3.05, 3.63) is 38.9 Å². The van der Waals surface area contributed by atoms with E-state index < -0.39 is 0 Å². The van der Waals surface area contributed by atoms with Crippen molar-refractivity contribution in [2.75, 3.05) is 0 Å². The van der Waals surface area contributed by atoms with Crippen molar-refractivity contribution in [3.8, 4) is 0 Å². The van der Waals surface area contributed by atoms with Gasteiger partial charge in [0.1, 0.15) is 5.65 Å².